The molecular formula is C7H9F2NO2. The van der Waals surface area contributed by atoms with Crippen LogP contribution in [0.3, 0.4) is 0 Å². The summed E-state index contributed by atoms with van der Waals surface area (Å²) in [6.07, 6.45) is 0.198. The number of allylic oxidation sites excluding steroid dienone is 1. The van der Waals surface area contributed by atoms with Crippen molar-refractivity contribution in [2.45, 2.75) is 24.8 Å². The maximum Gasteiger partial charge on any atom is 0.331 e. The molecule has 0 bridgehead atoms. The Balaban J connectivity index is 2.78. The first-order chi connectivity index (χ1) is 5.43. The van der Waals surface area contributed by atoms with Crippen LogP contribution in [0.25, 0.3) is 0 Å². The number of carboxylic acid groups (broad SMARTS) is 1. The van der Waals surface area contributed by atoms with E-state index in [0.717, 1.165) is 6.08 Å². The smallest absolute Gasteiger partial charge is 0.331 e. The van der Waals surface area contributed by atoms with Crippen molar-refractivity contribution < 1.29 is 18.7 Å². The Morgan fingerprint density at radius 3 is 2.75 bits per heavy atom. The van der Waals surface area contributed by atoms with Crippen molar-refractivity contribution in [3.63, 3.8) is 0 Å². The van der Waals surface area contributed by atoms with E-state index >= 15 is 0 Å². The molecule has 0 saturated heterocycles. The van der Waals surface area contributed by atoms with Crippen LogP contribution in [0.4, 0.5) is 8.78 Å². The molecule has 1 aliphatic rings. The van der Waals surface area contributed by atoms with Crippen LogP contribution in [0.5, 0.6) is 0 Å². The highest BCUT2D eigenvalue weighted by molar-refractivity contribution is 5.86. The second kappa shape index (κ2) is 2.82. The summed E-state index contributed by atoms with van der Waals surface area (Å²) in [5.41, 5.74) is 5.07. The largest absolute Gasteiger partial charge is 0.478 e. The Labute approximate surface area is 67.9 Å². The third-order valence-corrected chi connectivity index (χ3v) is 1.88. The molecule has 0 unspecified atom stereocenters. The Hall–Kier alpha value is -0.970. The molecule has 3 N–H and O–H groups in total. The molecule has 0 aromatic carbocycles. The number of halogens is 2. The molecule has 0 aromatic heterocycles. The van der Waals surface area contributed by atoms with Gasteiger partial charge in [-0.25, -0.2) is 13.6 Å². The highest BCUT2D eigenvalue weighted by Crippen LogP contribution is 2.31. The minimum atomic E-state index is -2.96. The number of aliphatic carboxylic acids is 1. The van der Waals surface area contributed by atoms with Gasteiger partial charge < -0.3 is 10.8 Å². The number of hydrogen-bond donors (Lipinski definition) is 2. The first-order valence-electron chi connectivity index (χ1n) is 3.49. The normalized spacial score (nSPS) is 27.9. The van der Waals surface area contributed by atoms with Crippen LogP contribution in [0.2, 0.25) is 0 Å². The topological polar surface area (TPSA) is 63.3 Å². The van der Waals surface area contributed by atoms with Crippen LogP contribution in [-0.4, -0.2) is 23.0 Å². The molecule has 0 saturated carbocycles. The molecule has 0 aliphatic heterocycles. The minimum Gasteiger partial charge on any atom is -0.478 e. The first kappa shape index (κ1) is 9.12. The van der Waals surface area contributed by atoms with Crippen molar-refractivity contribution in [3.05, 3.63) is 11.6 Å². The summed E-state index contributed by atoms with van der Waals surface area (Å²) in [5, 5.41) is 8.46. The summed E-state index contributed by atoms with van der Waals surface area (Å²) < 4.78 is 25.3. The lowest BCUT2D eigenvalue weighted by molar-refractivity contribution is -0.133. The van der Waals surface area contributed by atoms with Crippen LogP contribution < -0.4 is 5.73 Å². The summed E-state index contributed by atoms with van der Waals surface area (Å²) in [6, 6.07) is -1.37. The molecule has 3 nitrogen and oxygen atoms in total. The number of alkyl halides is 2. The average Bonchev–Trinajstić information content (AvgIpc) is 1.94. The van der Waals surface area contributed by atoms with E-state index in [0.29, 0.717) is 0 Å². The summed E-state index contributed by atoms with van der Waals surface area (Å²) in [7, 11) is 0. The maximum atomic E-state index is 12.7. The molecular weight excluding hydrogens is 168 g/mol. The van der Waals surface area contributed by atoms with E-state index in [4.69, 9.17) is 10.8 Å². The van der Waals surface area contributed by atoms with Gasteiger partial charge in [-0.05, 0) is 0 Å². The number of hydrogen-bond acceptors (Lipinski definition) is 2. The number of carboxylic acids is 1. The Kier molecular flexibility index (Phi) is 2.14. The SMILES string of the molecule is N[C@H]1CC(C(=O)O)=CCC1(F)F. The monoisotopic (exact) mass is 177 g/mol. The molecule has 1 aliphatic carbocycles. The molecule has 0 spiro atoms. The van der Waals surface area contributed by atoms with Crippen LogP contribution in [0.15, 0.2) is 11.6 Å². The minimum absolute atomic E-state index is 0.0200. The molecule has 1 atom stereocenters. The lowest BCUT2D eigenvalue weighted by Gasteiger charge is -2.26. The number of rotatable bonds is 1. The summed E-state index contributed by atoms with van der Waals surface area (Å²) in [4.78, 5) is 10.3. The van der Waals surface area contributed by atoms with E-state index < -0.39 is 24.4 Å². The molecule has 5 heteroatoms. The highest BCUT2D eigenvalue weighted by atomic mass is 19.3. The van der Waals surface area contributed by atoms with Crippen molar-refractivity contribution in [1.82, 2.24) is 0 Å². The van der Waals surface area contributed by atoms with E-state index in [1.807, 2.05) is 0 Å². The Bertz CT molecular complexity index is 238. The van der Waals surface area contributed by atoms with Gasteiger partial charge in [-0.15, -0.1) is 0 Å². The summed E-state index contributed by atoms with van der Waals surface area (Å²) in [6.45, 7) is 0. The number of carbonyl (C=O) groups is 1. The number of nitrogens with two attached hydrogens (primary N) is 1. The van der Waals surface area contributed by atoms with Crippen molar-refractivity contribution in [3.8, 4) is 0 Å². The van der Waals surface area contributed by atoms with Gasteiger partial charge in [-0.2, -0.15) is 0 Å². The van der Waals surface area contributed by atoms with Crippen LogP contribution >= 0.6 is 0 Å². The van der Waals surface area contributed by atoms with Gasteiger partial charge in [-0.1, -0.05) is 6.08 Å². The average molecular weight is 177 g/mol. The van der Waals surface area contributed by atoms with Gasteiger partial charge in [0.1, 0.15) is 0 Å². The fourth-order valence-electron chi connectivity index (χ4n) is 1.05. The van der Waals surface area contributed by atoms with Crippen molar-refractivity contribution >= 4 is 5.97 Å². The van der Waals surface area contributed by atoms with Gasteiger partial charge in [0.15, 0.2) is 0 Å². The summed E-state index contributed by atoms with van der Waals surface area (Å²) >= 11 is 0. The summed E-state index contributed by atoms with van der Waals surface area (Å²) in [5.74, 6) is -4.13. The fourth-order valence-corrected chi connectivity index (χ4v) is 1.05. The van der Waals surface area contributed by atoms with Crippen LogP contribution in [-0.2, 0) is 4.79 Å². The van der Waals surface area contributed by atoms with Crippen molar-refractivity contribution in [2.24, 2.45) is 5.73 Å². The zero-order valence-corrected chi connectivity index (χ0v) is 6.26. The lowest BCUT2D eigenvalue weighted by atomic mass is 9.92. The molecule has 0 fully saturated rings. The van der Waals surface area contributed by atoms with E-state index in [1.54, 1.807) is 0 Å². The van der Waals surface area contributed by atoms with Gasteiger partial charge in [0.05, 0.1) is 6.04 Å². The third-order valence-electron chi connectivity index (χ3n) is 1.88. The van der Waals surface area contributed by atoms with Gasteiger partial charge in [0.25, 0.3) is 5.92 Å². The molecule has 12 heavy (non-hydrogen) atoms. The second-order valence-electron chi connectivity index (χ2n) is 2.81. The van der Waals surface area contributed by atoms with Gasteiger partial charge in [0.2, 0.25) is 0 Å². The second-order valence-corrected chi connectivity index (χ2v) is 2.81. The van der Waals surface area contributed by atoms with Crippen molar-refractivity contribution in [1.29, 1.82) is 0 Å². The lowest BCUT2D eigenvalue weighted by Crippen LogP contribution is -2.43. The Morgan fingerprint density at radius 1 is 1.75 bits per heavy atom. The highest BCUT2D eigenvalue weighted by Gasteiger charge is 2.40. The predicted octanol–water partition coefficient (Wildman–Crippen LogP) is 0.754. The molecule has 0 aromatic rings. The first-order valence-corrected chi connectivity index (χ1v) is 3.49. The van der Waals surface area contributed by atoms with Gasteiger partial charge in [0, 0.05) is 18.4 Å². The van der Waals surface area contributed by atoms with E-state index in [1.165, 1.54) is 0 Å². The molecule has 0 radical (unpaired) electrons. The molecule has 0 amide bonds. The molecule has 1 rings (SSSR count). The van der Waals surface area contributed by atoms with E-state index in [2.05, 4.69) is 0 Å². The van der Waals surface area contributed by atoms with E-state index in [9.17, 15) is 13.6 Å². The maximum absolute atomic E-state index is 12.7. The fraction of sp³-hybridized carbons (Fsp3) is 0.571. The van der Waals surface area contributed by atoms with Crippen LogP contribution in [0.1, 0.15) is 12.8 Å². The van der Waals surface area contributed by atoms with Gasteiger partial charge in [-0.3, -0.25) is 0 Å². The zero-order chi connectivity index (χ0) is 9.35. The van der Waals surface area contributed by atoms with Crippen molar-refractivity contribution in [2.75, 3.05) is 0 Å². The molecule has 0 heterocycles. The van der Waals surface area contributed by atoms with Crippen LogP contribution in [0, 0.1) is 0 Å². The zero-order valence-electron chi connectivity index (χ0n) is 6.26. The quantitative estimate of drug-likeness (QED) is 0.621. The van der Waals surface area contributed by atoms with E-state index in [-0.39, 0.29) is 12.0 Å². The predicted molar refractivity (Wildman–Crippen MR) is 37.9 cm³/mol. The Morgan fingerprint density at radius 2 is 2.33 bits per heavy atom. The standard InChI is InChI=1S/C7H9F2NO2/c8-7(9)2-1-4(6(11)12)3-5(7)10/h1,5H,2-3,10H2,(H,11,12)/t5-/m0/s1. The van der Waals surface area contributed by atoms with Gasteiger partial charge >= 0.3 is 5.97 Å². The third kappa shape index (κ3) is 1.61. The molecule has 68 valence electrons.